The molecule has 3 aromatic heterocycles. The molecule has 12 rings (SSSR count). The van der Waals surface area contributed by atoms with Crippen molar-refractivity contribution in [1.82, 2.24) is 24.9 Å². The molecular formula is C62H41N5. The van der Waals surface area contributed by atoms with E-state index in [1.54, 1.807) is 0 Å². The van der Waals surface area contributed by atoms with Crippen LogP contribution in [0.25, 0.3) is 90.3 Å². The van der Waals surface area contributed by atoms with Crippen molar-refractivity contribution in [1.29, 1.82) is 0 Å². The first-order valence-electron chi connectivity index (χ1n) is 22.6. The van der Waals surface area contributed by atoms with Crippen LogP contribution in [0.1, 0.15) is 22.3 Å². The maximum Gasteiger partial charge on any atom is 0.164 e. The Kier molecular flexibility index (Phi) is 9.99. The van der Waals surface area contributed by atoms with Gasteiger partial charge in [-0.3, -0.25) is 0 Å². The Hall–Kier alpha value is -8.93. The second-order valence-corrected chi connectivity index (χ2v) is 16.8. The minimum absolute atomic E-state index is 0.567. The lowest BCUT2D eigenvalue weighted by atomic mass is 9.67. The van der Waals surface area contributed by atoms with Gasteiger partial charge in [0.25, 0.3) is 0 Å². The highest BCUT2D eigenvalue weighted by atomic mass is 15.0. The SMILES string of the molecule is c1ccc(-c2cccc(-c3cccc(-c4nc(-c5cccc(-c6cccc(-c7ccccc7)n6)c5)nc(-c5cccc6c5-c5ccccc5C6(c5ccccc5)c5ccccc5)n4)c3)n2)cc1. The van der Waals surface area contributed by atoms with E-state index >= 15 is 0 Å². The van der Waals surface area contributed by atoms with Crippen molar-refractivity contribution in [2.75, 3.05) is 0 Å². The minimum Gasteiger partial charge on any atom is -0.248 e. The lowest BCUT2D eigenvalue weighted by molar-refractivity contribution is 0.768. The topological polar surface area (TPSA) is 64.5 Å². The Balaban J connectivity index is 1.06. The summed E-state index contributed by atoms with van der Waals surface area (Å²) in [5, 5.41) is 0. The molecule has 0 saturated carbocycles. The maximum absolute atomic E-state index is 5.41. The van der Waals surface area contributed by atoms with Gasteiger partial charge in [-0.2, -0.15) is 0 Å². The fourth-order valence-electron chi connectivity index (χ4n) is 9.80. The predicted octanol–water partition coefficient (Wildman–Crippen LogP) is 14.7. The number of rotatable bonds is 9. The summed E-state index contributed by atoms with van der Waals surface area (Å²) in [4.78, 5) is 26.3. The van der Waals surface area contributed by atoms with Gasteiger partial charge >= 0.3 is 0 Å². The Morgan fingerprint density at radius 2 is 0.597 bits per heavy atom. The average molecular weight is 856 g/mol. The molecule has 0 radical (unpaired) electrons. The number of fused-ring (bicyclic) bond motifs is 3. The van der Waals surface area contributed by atoms with E-state index in [0.717, 1.165) is 72.8 Å². The molecule has 67 heavy (non-hydrogen) atoms. The van der Waals surface area contributed by atoms with Crippen molar-refractivity contribution in [2.45, 2.75) is 5.41 Å². The largest absolute Gasteiger partial charge is 0.248 e. The molecule has 1 aliphatic carbocycles. The number of nitrogens with zero attached hydrogens (tertiary/aromatic N) is 5. The normalized spacial score (nSPS) is 12.3. The molecule has 3 heterocycles. The average Bonchev–Trinajstić information content (AvgIpc) is 3.73. The third-order valence-electron chi connectivity index (χ3n) is 12.8. The van der Waals surface area contributed by atoms with Crippen LogP contribution < -0.4 is 0 Å². The fraction of sp³-hybridized carbons (Fsp3) is 0.0161. The van der Waals surface area contributed by atoms with Crippen molar-refractivity contribution in [3.05, 3.63) is 271 Å². The van der Waals surface area contributed by atoms with Gasteiger partial charge in [0, 0.05) is 38.9 Å². The van der Waals surface area contributed by atoms with Gasteiger partial charge in [-0.25, -0.2) is 24.9 Å². The summed E-state index contributed by atoms with van der Waals surface area (Å²) in [7, 11) is 0. The molecule has 11 aromatic rings. The Morgan fingerprint density at radius 1 is 0.239 bits per heavy atom. The van der Waals surface area contributed by atoms with Crippen molar-refractivity contribution < 1.29 is 0 Å². The lowest BCUT2D eigenvalue weighted by Crippen LogP contribution is -2.28. The van der Waals surface area contributed by atoms with Crippen LogP contribution in [0.15, 0.2) is 249 Å². The third-order valence-corrected chi connectivity index (χ3v) is 12.8. The molecular weight excluding hydrogens is 815 g/mol. The quantitative estimate of drug-likeness (QED) is 0.145. The summed E-state index contributed by atoms with van der Waals surface area (Å²) in [6.45, 7) is 0. The Morgan fingerprint density at radius 3 is 1.12 bits per heavy atom. The molecule has 0 N–H and O–H groups in total. The van der Waals surface area contributed by atoms with Crippen molar-refractivity contribution in [3.63, 3.8) is 0 Å². The minimum atomic E-state index is -0.575. The van der Waals surface area contributed by atoms with Crippen molar-refractivity contribution >= 4 is 0 Å². The van der Waals surface area contributed by atoms with E-state index in [9.17, 15) is 0 Å². The highest BCUT2D eigenvalue weighted by Gasteiger charge is 2.47. The highest BCUT2D eigenvalue weighted by molar-refractivity contribution is 5.94. The zero-order chi connectivity index (χ0) is 44.6. The summed E-state index contributed by atoms with van der Waals surface area (Å²) >= 11 is 0. The molecule has 0 aliphatic heterocycles. The van der Waals surface area contributed by atoms with Gasteiger partial charge in [-0.15, -0.1) is 0 Å². The van der Waals surface area contributed by atoms with E-state index in [0.29, 0.717) is 17.5 Å². The van der Waals surface area contributed by atoms with Crippen LogP contribution in [0.4, 0.5) is 0 Å². The Bertz CT molecular complexity index is 3390. The molecule has 314 valence electrons. The van der Waals surface area contributed by atoms with Crippen LogP contribution in [0.3, 0.4) is 0 Å². The second-order valence-electron chi connectivity index (χ2n) is 16.8. The molecule has 5 nitrogen and oxygen atoms in total. The zero-order valence-electron chi connectivity index (χ0n) is 36.4. The zero-order valence-corrected chi connectivity index (χ0v) is 36.4. The van der Waals surface area contributed by atoms with Gasteiger partial charge in [-0.1, -0.05) is 212 Å². The Labute approximate surface area is 389 Å². The van der Waals surface area contributed by atoms with Gasteiger partial charge in [0.2, 0.25) is 0 Å². The van der Waals surface area contributed by atoms with Crippen LogP contribution in [0, 0.1) is 0 Å². The van der Waals surface area contributed by atoms with Crippen LogP contribution in [0.5, 0.6) is 0 Å². The summed E-state index contributed by atoms with van der Waals surface area (Å²) in [5.74, 6) is 1.72. The summed E-state index contributed by atoms with van der Waals surface area (Å²) in [5.41, 5.74) is 16.8. The van der Waals surface area contributed by atoms with E-state index in [1.165, 1.54) is 22.3 Å². The summed E-state index contributed by atoms with van der Waals surface area (Å²) in [6.07, 6.45) is 0. The first-order chi connectivity index (χ1) is 33.2. The standard InChI is InChI=1S/C62H41N5/c1-5-20-42(21-6-1)54-36-18-38-56(63-54)44-24-15-26-46(40-44)59-65-60(47-27-16-25-45(41-47)57-39-19-37-55(64-57)43-22-7-2-8-23-43)67-61(66-59)51-33-17-35-53-58(51)50-32-13-14-34-52(50)62(53,48-28-9-3-10-29-48)49-30-11-4-12-31-49/h1-41H. The van der Waals surface area contributed by atoms with E-state index in [1.807, 2.05) is 36.4 Å². The first kappa shape index (κ1) is 39.6. The monoisotopic (exact) mass is 855 g/mol. The number of hydrogen-bond acceptors (Lipinski definition) is 5. The smallest absolute Gasteiger partial charge is 0.164 e. The molecule has 0 unspecified atom stereocenters. The fourth-order valence-corrected chi connectivity index (χ4v) is 9.80. The van der Waals surface area contributed by atoms with Gasteiger partial charge in [0.05, 0.1) is 28.2 Å². The molecule has 0 amide bonds. The van der Waals surface area contributed by atoms with E-state index < -0.39 is 5.41 Å². The second kappa shape index (κ2) is 16.9. The highest BCUT2D eigenvalue weighted by Crippen LogP contribution is 2.58. The number of benzene rings is 8. The third kappa shape index (κ3) is 7.11. The van der Waals surface area contributed by atoms with E-state index in [-0.39, 0.29) is 0 Å². The van der Waals surface area contributed by atoms with Gasteiger partial charge in [-0.05, 0) is 69.8 Å². The van der Waals surface area contributed by atoms with Gasteiger partial charge in [0.15, 0.2) is 17.5 Å². The predicted molar refractivity (Wildman–Crippen MR) is 271 cm³/mol. The molecule has 0 bridgehead atoms. The van der Waals surface area contributed by atoms with E-state index in [4.69, 9.17) is 24.9 Å². The molecule has 0 atom stereocenters. The van der Waals surface area contributed by atoms with Crippen molar-refractivity contribution in [2.24, 2.45) is 0 Å². The molecule has 0 fully saturated rings. The molecule has 5 heteroatoms. The molecule has 0 spiro atoms. The number of hydrogen-bond donors (Lipinski definition) is 0. The number of pyridine rings is 2. The molecule has 1 aliphatic rings. The number of aromatic nitrogens is 5. The summed E-state index contributed by atoms with van der Waals surface area (Å²) < 4.78 is 0. The van der Waals surface area contributed by atoms with Crippen LogP contribution in [-0.4, -0.2) is 24.9 Å². The maximum atomic E-state index is 5.41. The van der Waals surface area contributed by atoms with E-state index in [2.05, 4.69) is 212 Å². The van der Waals surface area contributed by atoms with Gasteiger partial charge < -0.3 is 0 Å². The van der Waals surface area contributed by atoms with Crippen molar-refractivity contribution in [3.8, 4) is 90.3 Å². The van der Waals surface area contributed by atoms with Crippen LogP contribution >= 0.6 is 0 Å². The summed E-state index contributed by atoms with van der Waals surface area (Å²) in [6, 6.07) is 86.7. The lowest BCUT2D eigenvalue weighted by Gasteiger charge is -2.33. The van der Waals surface area contributed by atoms with Crippen LogP contribution in [0.2, 0.25) is 0 Å². The van der Waals surface area contributed by atoms with Crippen LogP contribution in [-0.2, 0) is 5.41 Å². The van der Waals surface area contributed by atoms with Gasteiger partial charge in [0.1, 0.15) is 0 Å². The molecule has 8 aromatic carbocycles. The first-order valence-corrected chi connectivity index (χ1v) is 22.6. The molecule has 0 saturated heterocycles.